The number of aromatic nitrogens is 1. The quantitative estimate of drug-likeness (QED) is 0.0249. The van der Waals surface area contributed by atoms with Crippen LogP contribution in [-0.2, 0) is 39.1 Å². The lowest BCUT2D eigenvalue weighted by atomic mass is 9.80. The summed E-state index contributed by atoms with van der Waals surface area (Å²) in [6.07, 6.45) is 4.65. The number of benzene rings is 3. The molecular weight excluding hydrogens is 843 g/mol. The normalized spacial score (nSPS) is 20.5. The highest BCUT2D eigenvalue weighted by Gasteiger charge is 2.55. The highest BCUT2D eigenvalue weighted by molar-refractivity contribution is 8.00. The maximum atomic E-state index is 14.4. The fourth-order valence-electron chi connectivity index (χ4n) is 8.56. The topological polar surface area (TPSA) is 206 Å². The van der Waals surface area contributed by atoms with Crippen LogP contribution in [0.3, 0.4) is 0 Å². The molecule has 1 unspecified atom stereocenters. The number of oxime groups is 1. The van der Waals surface area contributed by atoms with Gasteiger partial charge in [0, 0.05) is 39.9 Å². The maximum Gasteiger partial charge on any atom is 0.352 e. The number of piperidine rings is 1. The molecule has 3 fully saturated rings. The number of nitrogens with zero attached hydrogens (tertiary/aromatic N) is 4. The number of carbonyl (C=O) groups excluding carboxylic acids is 4. The van der Waals surface area contributed by atoms with Crippen molar-refractivity contribution in [3.05, 3.63) is 154 Å². The van der Waals surface area contributed by atoms with E-state index in [-0.39, 0.29) is 65.0 Å². The fraction of sp³-hybridized carbons (Fsp3) is 0.283. The first-order chi connectivity index (χ1) is 30.6. The third kappa shape index (κ3) is 8.50. The van der Waals surface area contributed by atoms with Gasteiger partial charge >= 0.3 is 11.9 Å². The van der Waals surface area contributed by atoms with Crippen molar-refractivity contribution in [2.75, 3.05) is 37.7 Å². The molecule has 0 bridgehead atoms. The molecule has 63 heavy (non-hydrogen) atoms. The Bertz CT molecular complexity index is 2390. The van der Waals surface area contributed by atoms with Crippen LogP contribution in [0.15, 0.2) is 137 Å². The highest BCUT2D eigenvalue weighted by Crippen LogP contribution is 2.43. The number of thiazole rings is 1. The van der Waals surface area contributed by atoms with Gasteiger partial charge in [-0.2, -0.15) is 0 Å². The summed E-state index contributed by atoms with van der Waals surface area (Å²) in [6, 6.07) is 26.4. The van der Waals surface area contributed by atoms with E-state index in [1.54, 1.807) is 5.38 Å². The first kappa shape index (κ1) is 43.1. The molecule has 324 valence electrons. The molecular formula is C46H45N7O8S2. The summed E-state index contributed by atoms with van der Waals surface area (Å²) in [7, 11) is 0. The van der Waals surface area contributed by atoms with Gasteiger partial charge < -0.3 is 35.9 Å². The van der Waals surface area contributed by atoms with Crippen LogP contribution >= 0.6 is 23.1 Å². The molecule has 3 aromatic carbocycles. The number of carboxylic acid groups (broad SMARTS) is 1. The van der Waals surface area contributed by atoms with Crippen LogP contribution in [0.5, 0.6) is 0 Å². The average molecular weight is 888 g/mol. The SMILES string of the molecule is C=CCOC(=O)C(C1CCNCC1)N1CC/C(=C\C2=C(C(=O)O)N3C(=O)[C@@H](NC(=O)/C(=N\OC(c4ccccc4)(c4ccccc4)c4ccccc4)c4csc(N)n4)[C@H]3SC2)C1=O. The number of likely N-dealkylation sites (tertiary alicyclic amines) is 1. The molecule has 8 rings (SSSR count). The number of nitrogens with one attached hydrogen (secondary N) is 2. The number of aliphatic carboxylic acids is 1. The van der Waals surface area contributed by atoms with Gasteiger partial charge in [-0.15, -0.1) is 23.1 Å². The van der Waals surface area contributed by atoms with Crippen molar-refractivity contribution in [1.82, 2.24) is 25.4 Å². The molecule has 0 spiro atoms. The van der Waals surface area contributed by atoms with E-state index in [4.69, 9.17) is 15.3 Å². The van der Waals surface area contributed by atoms with Crippen molar-refractivity contribution in [3.8, 4) is 0 Å². The van der Waals surface area contributed by atoms with Gasteiger partial charge in [-0.25, -0.2) is 14.6 Å². The van der Waals surface area contributed by atoms with Crippen molar-refractivity contribution in [3.63, 3.8) is 0 Å². The van der Waals surface area contributed by atoms with Crippen molar-refractivity contribution < 1.29 is 38.7 Å². The van der Waals surface area contributed by atoms with Gasteiger partial charge in [0.15, 0.2) is 10.8 Å². The Morgan fingerprint density at radius 1 is 1.00 bits per heavy atom. The van der Waals surface area contributed by atoms with Crippen LogP contribution in [0.2, 0.25) is 0 Å². The van der Waals surface area contributed by atoms with Crippen molar-refractivity contribution in [1.29, 1.82) is 0 Å². The summed E-state index contributed by atoms with van der Waals surface area (Å²) in [5.41, 5.74) is 7.06. The number of ether oxygens (including phenoxy) is 1. The summed E-state index contributed by atoms with van der Waals surface area (Å²) >= 11 is 2.35. The lowest BCUT2D eigenvalue weighted by Crippen LogP contribution is -2.71. The van der Waals surface area contributed by atoms with E-state index in [2.05, 4.69) is 27.4 Å². The molecule has 3 amide bonds. The predicted molar refractivity (Wildman–Crippen MR) is 238 cm³/mol. The van der Waals surface area contributed by atoms with Crippen molar-refractivity contribution in [2.45, 2.75) is 42.3 Å². The molecule has 15 nitrogen and oxygen atoms in total. The van der Waals surface area contributed by atoms with Gasteiger partial charge in [-0.3, -0.25) is 19.3 Å². The number of amides is 3. The second-order valence-electron chi connectivity index (χ2n) is 15.3. The summed E-state index contributed by atoms with van der Waals surface area (Å²) in [6.45, 7) is 5.31. The Morgan fingerprint density at radius 3 is 2.17 bits per heavy atom. The monoisotopic (exact) mass is 887 g/mol. The minimum atomic E-state index is -1.36. The number of carbonyl (C=O) groups is 5. The van der Waals surface area contributed by atoms with Crippen molar-refractivity contribution >= 4 is 63.6 Å². The number of hydrogen-bond acceptors (Lipinski definition) is 13. The number of allylic oxidation sites excluding steroid dienone is 1. The van der Waals surface area contributed by atoms with Crippen LogP contribution in [0.4, 0.5) is 5.13 Å². The zero-order valence-corrected chi connectivity index (χ0v) is 35.7. The Kier molecular flexibility index (Phi) is 12.9. The molecule has 4 aliphatic heterocycles. The second kappa shape index (κ2) is 18.8. The minimum Gasteiger partial charge on any atom is -0.477 e. The van der Waals surface area contributed by atoms with E-state index < -0.39 is 46.8 Å². The Balaban J connectivity index is 1.06. The lowest BCUT2D eigenvalue weighted by molar-refractivity contribution is -0.155. The number of rotatable bonds is 15. The number of fused-ring (bicyclic) bond motifs is 1. The third-order valence-electron chi connectivity index (χ3n) is 11.5. The summed E-state index contributed by atoms with van der Waals surface area (Å²) in [5.74, 6) is -3.68. The molecule has 3 atom stereocenters. The number of nitrogens with two attached hydrogens (primary N) is 1. The van der Waals surface area contributed by atoms with E-state index in [1.165, 1.54) is 28.8 Å². The zero-order valence-electron chi connectivity index (χ0n) is 34.1. The van der Waals surface area contributed by atoms with E-state index in [1.807, 2.05) is 91.0 Å². The summed E-state index contributed by atoms with van der Waals surface area (Å²) in [4.78, 5) is 82.0. The molecule has 0 aliphatic carbocycles. The first-order valence-corrected chi connectivity index (χ1v) is 22.4. The first-order valence-electron chi connectivity index (χ1n) is 20.5. The van der Waals surface area contributed by atoms with Gasteiger partial charge in [-0.1, -0.05) is 109 Å². The number of carboxylic acids is 1. The Hall–Kier alpha value is -6.56. The number of nitrogen functional groups attached to an aromatic ring is 1. The predicted octanol–water partition coefficient (Wildman–Crippen LogP) is 4.43. The van der Waals surface area contributed by atoms with Crippen LogP contribution in [-0.4, -0.2) is 105 Å². The molecule has 17 heteroatoms. The number of anilines is 1. The largest absolute Gasteiger partial charge is 0.477 e. The summed E-state index contributed by atoms with van der Waals surface area (Å²) < 4.78 is 5.43. The van der Waals surface area contributed by atoms with Crippen LogP contribution in [0, 0.1) is 5.92 Å². The fourth-order valence-corrected chi connectivity index (χ4v) is 10.4. The standard InChI is InChI=1S/C46H45N7O8S2/c1-2-24-60-44(59)38(28-18-21-48-22-19-28)52-23-20-29(40(52)55)25-30-26-62-42-36(41(56)53(42)37(30)43(57)58)50-39(54)35(34-27-63-45(47)49-34)51-61-46(31-12-6-3-7-13-31,32-14-8-4-9-15-32)33-16-10-5-11-17-33/h2-17,25,27-28,36,38,42,48H,1,18-24,26H2,(H2,47,49)(H,50,54)(H,57,58)/b29-25+,51-35-/t36-,38?,42-/m1/s1. The van der Waals surface area contributed by atoms with E-state index in [0.717, 1.165) is 32.9 Å². The number of hydrogen-bond donors (Lipinski definition) is 4. The Labute approximate surface area is 371 Å². The van der Waals surface area contributed by atoms with Crippen LogP contribution in [0.1, 0.15) is 41.6 Å². The minimum absolute atomic E-state index is 0.0163. The molecule has 5 N–H and O–H groups in total. The maximum absolute atomic E-state index is 14.4. The summed E-state index contributed by atoms with van der Waals surface area (Å²) in [5, 5.41) is 22.0. The van der Waals surface area contributed by atoms with Crippen molar-refractivity contribution in [2.24, 2.45) is 11.1 Å². The molecule has 4 aliphatic rings. The second-order valence-corrected chi connectivity index (χ2v) is 17.3. The van der Waals surface area contributed by atoms with Gasteiger partial charge in [0.2, 0.25) is 5.60 Å². The molecule has 0 radical (unpaired) electrons. The highest BCUT2D eigenvalue weighted by atomic mass is 32.2. The van der Waals surface area contributed by atoms with Gasteiger partial charge in [0.1, 0.15) is 35.5 Å². The van der Waals surface area contributed by atoms with Gasteiger partial charge in [0.05, 0.1) is 0 Å². The number of thioether (sulfide) groups is 1. The zero-order chi connectivity index (χ0) is 44.1. The van der Waals surface area contributed by atoms with Gasteiger partial charge in [-0.05, 0) is 49.9 Å². The average Bonchev–Trinajstić information content (AvgIpc) is 3.91. The smallest absolute Gasteiger partial charge is 0.352 e. The number of esters is 1. The van der Waals surface area contributed by atoms with E-state index in [9.17, 15) is 29.1 Å². The molecule has 1 aromatic heterocycles. The van der Waals surface area contributed by atoms with E-state index in [0.29, 0.717) is 31.5 Å². The molecule has 0 saturated carbocycles. The third-order valence-corrected chi connectivity index (χ3v) is 13.5. The Morgan fingerprint density at radius 2 is 1.62 bits per heavy atom. The number of β-lactam (4-membered cyclic amide) rings is 1. The van der Waals surface area contributed by atoms with Crippen LogP contribution < -0.4 is 16.4 Å². The van der Waals surface area contributed by atoms with Gasteiger partial charge in [0.25, 0.3) is 17.7 Å². The van der Waals surface area contributed by atoms with E-state index >= 15 is 0 Å². The lowest BCUT2D eigenvalue weighted by Gasteiger charge is -2.49. The molecule has 4 aromatic rings. The molecule has 5 heterocycles. The molecule has 3 saturated heterocycles. The van der Waals surface area contributed by atoms with Crippen LogP contribution in [0.25, 0.3) is 0 Å².